The Labute approximate surface area is 231 Å². The quantitative estimate of drug-likeness (QED) is 0.595. The van der Waals surface area contributed by atoms with E-state index in [1.165, 1.54) is 33.6 Å². The Morgan fingerprint density at radius 3 is 2.31 bits per heavy atom. The maximum Gasteiger partial charge on any atom is 0.410 e. The number of nitrogens with one attached hydrogen (secondary N) is 1. The van der Waals surface area contributed by atoms with Crippen molar-refractivity contribution in [3.63, 3.8) is 0 Å². The maximum absolute atomic E-state index is 12.8. The van der Waals surface area contributed by atoms with Crippen LogP contribution in [0.3, 0.4) is 0 Å². The molecule has 1 aromatic carbocycles. The number of aromatic nitrogens is 2. The summed E-state index contributed by atoms with van der Waals surface area (Å²) in [6.45, 7) is 12.6. The average Bonchev–Trinajstić information content (AvgIpc) is 3.31. The lowest BCUT2D eigenvalue weighted by molar-refractivity contribution is 0.0204. The van der Waals surface area contributed by atoms with Crippen molar-refractivity contribution in [3.05, 3.63) is 47.2 Å². The fraction of sp³-hybridized carbons (Fsp3) is 0.593. The minimum Gasteiger partial charge on any atom is -0.444 e. The van der Waals surface area contributed by atoms with Gasteiger partial charge >= 0.3 is 12.1 Å². The Bertz CT molecular complexity index is 1290. The van der Waals surface area contributed by atoms with E-state index < -0.39 is 15.6 Å². The zero-order chi connectivity index (χ0) is 28.4. The lowest BCUT2D eigenvalue weighted by Gasteiger charge is -2.35. The van der Waals surface area contributed by atoms with Gasteiger partial charge < -0.3 is 14.5 Å². The summed E-state index contributed by atoms with van der Waals surface area (Å²) in [5.74, 6) is 0.532. The number of ether oxygens (including phenoxy) is 1. The molecule has 1 aromatic heterocycles. The number of carbonyl (C=O) groups excluding carboxylic acids is 2. The smallest absolute Gasteiger partial charge is 0.410 e. The molecule has 0 spiro atoms. The van der Waals surface area contributed by atoms with Crippen molar-refractivity contribution in [2.75, 3.05) is 50.2 Å². The second-order valence-electron chi connectivity index (χ2n) is 11.5. The number of likely N-dealkylation sites (tertiary alicyclic amines) is 1. The minimum absolute atomic E-state index is 0.121. The van der Waals surface area contributed by atoms with Gasteiger partial charge in [-0.1, -0.05) is 18.2 Å². The lowest BCUT2D eigenvalue weighted by Crippen LogP contribution is -2.49. The highest BCUT2D eigenvalue weighted by molar-refractivity contribution is 7.92. The fourth-order valence-electron chi connectivity index (χ4n) is 5.10. The van der Waals surface area contributed by atoms with Gasteiger partial charge in [0.05, 0.1) is 6.26 Å². The number of hydrogen-bond acceptors (Lipinski definition) is 7. The number of amides is 2. The van der Waals surface area contributed by atoms with Crippen LogP contribution in [0.25, 0.3) is 0 Å². The van der Waals surface area contributed by atoms with Crippen molar-refractivity contribution in [2.24, 2.45) is 0 Å². The second-order valence-corrected chi connectivity index (χ2v) is 13.2. The summed E-state index contributed by atoms with van der Waals surface area (Å²) in [5, 5.41) is 4.04. The summed E-state index contributed by atoms with van der Waals surface area (Å²) >= 11 is 0. The molecule has 2 aliphatic heterocycles. The van der Waals surface area contributed by atoms with E-state index in [0.717, 1.165) is 38.7 Å². The first-order chi connectivity index (χ1) is 18.3. The highest BCUT2D eigenvalue weighted by Crippen LogP contribution is 2.32. The van der Waals surface area contributed by atoms with Crippen LogP contribution in [0.15, 0.2) is 30.5 Å². The van der Waals surface area contributed by atoms with E-state index in [0.29, 0.717) is 32.1 Å². The van der Waals surface area contributed by atoms with Crippen LogP contribution >= 0.6 is 0 Å². The van der Waals surface area contributed by atoms with Gasteiger partial charge in [0, 0.05) is 58.1 Å². The molecule has 0 unspecified atom stereocenters. The largest absolute Gasteiger partial charge is 0.444 e. The minimum atomic E-state index is -3.45. The van der Waals surface area contributed by atoms with Gasteiger partial charge in [0.25, 0.3) is 0 Å². The predicted octanol–water partition coefficient (Wildman–Crippen LogP) is 3.46. The molecule has 0 radical (unpaired) electrons. The number of sulfonamides is 1. The molecule has 2 saturated heterocycles. The van der Waals surface area contributed by atoms with Gasteiger partial charge in [-0.2, -0.15) is 4.68 Å². The van der Waals surface area contributed by atoms with Crippen molar-refractivity contribution in [1.29, 1.82) is 0 Å². The molecule has 2 aliphatic rings. The van der Waals surface area contributed by atoms with Gasteiger partial charge in [0.1, 0.15) is 5.60 Å². The van der Waals surface area contributed by atoms with Gasteiger partial charge in [-0.3, -0.25) is 9.62 Å². The third kappa shape index (κ3) is 7.95. The maximum atomic E-state index is 12.8. The molecule has 214 valence electrons. The monoisotopic (exact) mass is 560 g/mol. The first kappa shape index (κ1) is 28.9. The summed E-state index contributed by atoms with van der Waals surface area (Å²) < 4.78 is 31.8. The summed E-state index contributed by atoms with van der Waals surface area (Å²) in [6.07, 6.45) is 4.11. The molecule has 4 rings (SSSR count). The third-order valence-electron chi connectivity index (χ3n) is 7.05. The molecule has 39 heavy (non-hydrogen) atoms. The summed E-state index contributed by atoms with van der Waals surface area (Å²) in [7, 11) is -3.45. The first-order valence-electron chi connectivity index (χ1n) is 13.4. The molecule has 1 N–H and O–H groups in total. The van der Waals surface area contributed by atoms with Crippen LogP contribution in [-0.4, -0.2) is 96.1 Å². The lowest BCUT2D eigenvalue weighted by atomic mass is 9.86. The second kappa shape index (κ2) is 11.5. The molecule has 11 nitrogen and oxygen atoms in total. The molecule has 0 aliphatic carbocycles. The van der Waals surface area contributed by atoms with Gasteiger partial charge in [0.15, 0.2) is 5.82 Å². The third-order valence-corrected chi connectivity index (χ3v) is 7.63. The molecular weight excluding hydrogens is 520 g/mol. The van der Waals surface area contributed by atoms with Crippen LogP contribution < -0.4 is 4.72 Å². The Morgan fingerprint density at radius 2 is 1.69 bits per heavy atom. The summed E-state index contributed by atoms with van der Waals surface area (Å²) in [5.41, 5.74) is 3.38. The van der Waals surface area contributed by atoms with Gasteiger partial charge in [-0.05, 0) is 63.1 Å². The fourth-order valence-corrected chi connectivity index (χ4v) is 5.59. The van der Waals surface area contributed by atoms with E-state index in [1.54, 1.807) is 4.90 Å². The van der Waals surface area contributed by atoms with Gasteiger partial charge in [-0.15, -0.1) is 5.10 Å². The van der Waals surface area contributed by atoms with Crippen molar-refractivity contribution in [1.82, 2.24) is 24.5 Å². The zero-order valence-electron chi connectivity index (χ0n) is 23.5. The van der Waals surface area contributed by atoms with E-state index in [-0.39, 0.29) is 17.9 Å². The normalized spacial score (nSPS) is 17.8. The highest BCUT2D eigenvalue weighted by atomic mass is 32.2. The van der Waals surface area contributed by atoms with Crippen LogP contribution in [0.2, 0.25) is 0 Å². The number of piperazine rings is 1. The topological polar surface area (TPSA) is 117 Å². The van der Waals surface area contributed by atoms with Crippen LogP contribution in [-0.2, 0) is 21.3 Å². The van der Waals surface area contributed by atoms with Crippen molar-refractivity contribution in [3.8, 4) is 0 Å². The first-order valence-corrected chi connectivity index (χ1v) is 15.3. The average molecular weight is 561 g/mol. The van der Waals surface area contributed by atoms with E-state index >= 15 is 0 Å². The Balaban J connectivity index is 1.29. The van der Waals surface area contributed by atoms with Crippen molar-refractivity contribution in [2.45, 2.75) is 58.6 Å². The Kier molecular flexibility index (Phi) is 8.55. The van der Waals surface area contributed by atoms with E-state index in [9.17, 15) is 18.0 Å². The van der Waals surface area contributed by atoms with Crippen LogP contribution in [0.1, 0.15) is 56.2 Å². The van der Waals surface area contributed by atoms with Gasteiger partial charge in [0.2, 0.25) is 10.0 Å². The van der Waals surface area contributed by atoms with Gasteiger partial charge in [-0.25, -0.2) is 18.0 Å². The van der Waals surface area contributed by atoms with E-state index in [2.05, 4.69) is 39.8 Å². The number of aryl methyl sites for hydroxylation is 1. The van der Waals surface area contributed by atoms with E-state index in [4.69, 9.17) is 4.74 Å². The predicted molar refractivity (Wildman–Crippen MR) is 149 cm³/mol. The molecule has 0 atom stereocenters. The number of carbonyl (C=O) groups is 2. The molecule has 0 bridgehead atoms. The standard InChI is InChI=1S/C27H40N6O5S/c1-20-6-7-21(18-23(20)22-8-11-32(12-9-22)26(35)38-27(2,3)4)19-30-14-16-31(17-15-30)25(34)33-13-10-24(28-33)29-39(5,36)37/h6-7,10,13,18,22H,8-9,11-12,14-17,19H2,1-5H3,(H,28,29). The van der Waals surface area contributed by atoms with E-state index in [1.807, 2.05) is 25.7 Å². The number of benzene rings is 1. The molecule has 3 heterocycles. The van der Waals surface area contributed by atoms with Crippen LogP contribution in [0, 0.1) is 6.92 Å². The molecule has 2 aromatic rings. The molecule has 2 fully saturated rings. The number of hydrogen-bond donors (Lipinski definition) is 1. The molecule has 12 heteroatoms. The number of anilines is 1. The SMILES string of the molecule is Cc1ccc(CN2CCN(C(=O)n3ccc(NS(C)(=O)=O)n3)CC2)cc1C1CCN(C(=O)OC(C)(C)C)CC1. The molecular formula is C27H40N6O5S. The number of rotatable bonds is 5. The zero-order valence-corrected chi connectivity index (χ0v) is 24.3. The number of nitrogens with zero attached hydrogens (tertiary/aromatic N) is 5. The Morgan fingerprint density at radius 1 is 1.03 bits per heavy atom. The van der Waals surface area contributed by atoms with Crippen molar-refractivity contribution >= 4 is 28.0 Å². The van der Waals surface area contributed by atoms with Crippen molar-refractivity contribution < 1.29 is 22.7 Å². The van der Waals surface area contributed by atoms with Crippen LogP contribution in [0.5, 0.6) is 0 Å². The summed E-state index contributed by atoms with van der Waals surface area (Å²) in [4.78, 5) is 31.2. The highest BCUT2D eigenvalue weighted by Gasteiger charge is 2.28. The molecule has 2 amide bonds. The molecule has 0 saturated carbocycles. The number of piperidine rings is 1. The Hall–Kier alpha value is -3.12. The van der Waals surface area contributed by atoms with Crippen LogP contribution in [0.4, 0.5) is 15.4 Å². The summed E-state index contributed by atoms with van der Waals surface area (Å²) in [6, 6.07) is 7.86.